The van der Waals surface area contributed by atoms with Crippen LogP contribution in [0.5, 0.6) is 11.5 Å². The number of hydrogen-bond acceptors (Lipinski definition) is 5. The van der Waals surface area contributed by atoms with Crippen LogP contribution in [0.4, 0.5) is 0 Å². The van der Waals surface area contributed by atoms with Gasteiger partial charge in [-0.2, -0.15) is 0 Å². The van der Waals surface area contributed by atoms with Crippen molar-refractivity contribution in [1.82, 2.24) is 4.90 Å². The van der Waals surface area contributed by atoms with Crippen LogP contribution < -0.4 is 9.47 Å². The van der Waals surface area contributed by atoms with Gasteiger partial charge >= 0.3 is 0 Å². The molecule has 0 saturated carbocycles. The zero-order chi connectivity index (χ0) is 21.0. The molecule has 3 rings (SSSR count). The fourth-order valence-electron chi connectivity index (χ4n) is 3.62. The molecule has 1 saturated heterocycles. The summed E-state index contributed by atoms with van der Waals surface area (Å²) in [5, 5.41) is 11.1. The number of hydrogen-bond donors (Lipinski definition) is 1. The number of carbonyl (C=O) groups is 2. The third-order valence-corrected chi connectivity index (χ3v) is 4.86. The van der Waals surface area contributed by atoms with Crippen LogP contribution in [0.15, 0.2) is 54.1 Å². The van der Waals surface area contributed by atoms with E-state index in [0.29, 0.717) is 42.2 Å². The van der Waals surface area contributed by atoms with Crippen molar-refractivity contribution in [3.63, 3.8) is 0 Å². The second kappa shape index (κ2) is 8.82. The summed E-state index contributed by atoms with van der Waals surface area (Å²) in [5.41, 5.74) is 1.14. The molecule has 0 radical (unpaired) electrons. The van der Waals surface area contributed by atoms with Gasteiger partial charge in [0.1, 0.15) is 17.3 Å². The van der Waals surface area contributed by atoms with E-state index in [1.54, 1.807) is 30.3 Å². The molecule has 1 amide bonds. The van der Waals surface area contributed by atoms with E-state index >= 15 is 0 Å². The van der Waals surface area contributed by atoms with E-state index in [4.69, 9.17) is 9.47 Å². The number of methoxy groups -OCH3 is 1. The highest BCUT2D eigenvalue weighted by molar-refractivity contribution is 6.46. The molecule has 1 unspecified atom stereocenters. The summed E-state index contributed by atoms with van der Waals surface area (Å²) in [6.07, 6.45) is 0.679. The van der Waals surface area contributed by atoms with Gasteiger partial charge in [-0.3, -0.25) is 9.59 Å². The number of ketones is 1. The van der Waals surface area contributed by atoms with Crippen molar-refractivity contribution < 1.29 is 24.2 Å². The average molecular weight is 395 g/mol. The minimum atomic E-state index is -0.721. The van der Waals surface area contributed by atoms with Crippen molar-refractivity contribution in [1.29, 1.82) is 0 Å². The summed E-state index contributed by atoms with van der Waals surface area (Å²) in [6.45, 7) is 4.67. The molecule has 152 valence electrons. The maximum absolute atomic E-state index is 12.9. The zero-order valence-electron chi connectivity index (χ0n) is 16.8. The first kappa shape index (κ1) is 20.5. The molecule has 2 aromatic rings. The van der Waals surface area contributed by atoms with Gasteiger partial charge in [0.05, 0.1) is 25.3 Å². The molecule has 0 spiro atoms. The number of aliphatic hydroxyl groups excluding tert-OH is 1. The lowest BCUT2D eigenvalue weighted by Crippen LogP contribution is -2.30. The summed E-state index contributed by atoms with van der Waals surface area (Å²) in [4.78, 5) is 27.2. The van der Waals surface area contributed by atoms with Crippen molar-refractivity contribution in [2.75, 3.05) is 20.3 Å². The number of likely N-dealkylation sites (tertiary alicyclic amines) is 1. The van der Waals surface area contributed by atoms with Crippen LogP contribution in [-0.4, -0.2) is 42.0 Å². The van der Waals surface area contributed by atoms with Crippen LogP contribution in [0.2, 0.25) is 0 Å². The summed E-state index contributed by atoms with van der Waals surface area (Å²) < 4.78 is 11.0. The first-order valence-electron chi connectivity index (χ1n) is 9.68. The van der Waals surface area contributed by atoms with Crippen LogP contribution in [-0.2, 0) is 9.59 Å². The predicted molar refractivity (Wildman–Crippen MR) is 110 cm³/mol. The van der Waals surface area contributed by atoms with Crippen LogP contribution in [0.1, 0.15) is 37.4 Å². The Bertz CT molecular complexity index is 950. The summed E-state index contributed by atoms with van der Waals surface area (Å²) in [6, 6.07) is 13.4. The summed E-state index contributed by atoms with van der Waals surface area (Å²) in [5.74, 6) is -0.416. The van der Waals surface area contributed by atoms with Crippen LogP contribution in [0, 0.1) is 0 Å². The normalized spacial score (nSPS) is 18.2. The summed E-state index contributed by atoms with van der Waals surface area (Å²) >= 11 is 0. The van der Waals surface area contributed by atoms with Crippen molar-refractivity contribution in [2.24, 2.45) is 0 Å². The molecular formula is C23H25NO5. The van der Waals surface area contributed by atoms with Gasteiger partial charge in [-0.1, -0.05) is 37.3 Å². The fourth-order valence-corrected chi connectivity index (χ4v) is 3.62. The standard InChI is InChI=1S/C23H25NO5/c1-4-13-24-20(17-11-6-7-12-18(17)28-3)19(22(26)23(24)27)21(25)15-9-8-10-16(14-15)29-5-2/h6-12,14,20,25H,4-5,13H2,1-3H3/b21-19-. The molecule has 1 N–H and O–H groups in total. The lowest BCUT2D eigenvalue weighted by molar-refractivity contribution is -0.139. The molecular weight excluding hydrogens is 370 g/mol. The van der Waals surface area contributed by atoms with Crippen molar-refractivity contribution in [2.45, 2.75) is 26.3 Å². The first-order chi connectivity index (χ1) is 14.0. The van der Waals surface area contributed by atoms with E-state index in [1.165, 1.54) is 12.0 Å². The minimum Gasteiger partial charge on any atom is -0.507 e. The smallest absolute Gasteiger partial charge is 0.295 e. The van der Waals surface area contributed by atoms with Crippen molar-refractivity contribution in [3.05, 3.63) is 65.2 Å². The molecule has 1 aliphatic heterocycles. The molecule has 0 aliphatic carbocycles. The Kier molecular flexibility index (Phi) is 6.22. The molecule has 0 bridgehead atoms. The molecule has 2 aromatic carbocycles. The Morgan fingerprint density at radius 2 is 1.86 bits per heavy atom. The number of benzene rings is 2. The second-order valence-corrected chi connectivity index (χ2v) is 6.70. The number of ether oxygens (including phenoxy) is 2. The molecule has 1 fully saturated rings. The molecule has 6 heteroatoms. The largest absolute Gasteiger partial charge is 0.507 e. The van der Waals surface area contributed by atoms with Crippen molar-refractivity contribution >= 4 is 17.4 Å². The molecule has 1 heterocycles. The zero-order valence-corrected chi connectivity index (χ0v) is 16.8. The SMILES string of the molecule is CCCN1C(=O)C(=O)/C(=C(\O)c2cccc(OCC)c2)C1c1ccccc1OC. The highest BCUT2D eigenvalue weighted by atomic mass is 16.5. The quantitative estimate of drug-likeness (QED) is 0.437. The van der Waals surface area contributed by atoms with Gasteiger partial charge in [-0.05, 0) is 31.5 Å². The number of amides is 1. The van der Waals surface area contributed by atoms with E-state index in [2.05, 4.69) is 0 Å². The number of Topliss-reactive ketones (excluding diaryl/α,β-unsaturated/α-hetero) is 1. The molecule has 1 atom stereocenters. The monoisotopic (exact) mass is 395 g/mol. The molecule has 1 aliphatic rings. The lowest BCUT2D eigenvalue weighted by Gasteiger charge is -2.26. The fraction of sp³-hybridized carbons (Fsp3) is 0.304. The maximum Gasteiger partial charge on any atom is 0.295 e. The number of carbonyl (C=O) groups excluding carboxylic acids is 2. The van der Waals surface area contributed by atoms with E-state index in [0.717, 1.165) is 0 Å². The Balaban J connectivity index is 2.20. The molecule has 0 aromatic heterocycles. The Hall–Kier alpha value is -3.28. The van der Waals surface area contributed by atoms with Crippen molar-refractivity contribution in [3.8, 4) is 11.5 Å². The van der Waals surface area contributed by atoms with Gasteiger partial charge in [0.2, 0.25) is 0 Å². The number of aliphatic hydroxyl groups is 1. The minimum absolute atomic E-state index is 0.0570. The Morgan fingerprint density at radius 1 is 1.10 bits per heavy atom. The topological polar surface area (TPSA) is 76.1 Å². The van der Waals surface area contributed by atoms with E-state index < -0.39 is 17.7 Å². The number of rotatable bonds is 7. The van der Waals surface area contributed by atoms with Crippen LogP contribution in [0.3, 0.4) is 0 Å². The van der Waals surface area contributed by atoms with E-state index in [9.17, 15) is 14.7 Å². The number of para-hydroxylation sites is 1. The number of nitrogens with zero attached hydrogens (tertiary/aromatic N) is 1. The second-order valence-electron chi connectivity index (χ2n) is 6.70. The van der Waals surface area contributed by atoms with Gasteiger partial charge in [0.25, 0.3) is 11.7 Å². The van der Waals surface area contributed by atoms with Crippen LogP contribution >= 0.6 is 0 Å². The Labute approximate surface area is 170 Å². The highest BCUT2D eigenvalue weighted by Gasteiger charge is 2.46. The first-order valence-corrected chi connectivity index (χ1v) is 9.68. The van der Waals surface area contributed by atoms with Gasteiger partial charge in [0.15, 0.2) is 0 Å². The lowest BCUT2D eigenvalue weighted by atomic mass is 9.94. The van der Waals surface area contributed by atoms with Gasteiger partial charge in [-0.25, -0.2) is 0 Å². The highest BCUT2D eigenvalue weighted by Crippen LogP contribution is 2.42. The predicted octanol–water partition coefficient (Wildman–Crippen LogP) is 3.93. The molecule has 29 heavy (non-hydrogen) atoms. The maximum atomic E-state index is 12.9. The van der Waals surface area contributed by atoms with Gasteiger partial charge in [-0.15, -0.1) is 0 Å². The van der Waals surface area contributed by atoms with Gasteiger partial charge < -0.3 is 19.5 Å². The van der Waals surface area contributed by atoms with Crippen LogP contribution in [0.25, 0.3) is 5.76 Å². The Morgan fingerprint density at radius 3 is 2.55 bits per heavy atom. The van der Waals surface area contributed by atoms with E-state index in [-0.39, 0.29) is 11.3 Å². The van der Waals surface area contributed by atoms with E-state index in [1.807, 2.05) is 32.0 Å². The third-order valence-electron chi connectivity index (χ3n) is 4.86. The molecule has 6 nitrogen and oxygen atoms in total. The average Bonchev–Trinajstić information content (AvgIpc) is 2.99. The summed E-state index contributed by atoms with van der Waals surface area (Å²) in [7, 11) is 1.54. The van der Waals surface area contributed by atoms with Gasteiger partial charge in [0, 0.05) is 17.7 Å². The third kappa shape index (κ3) is 3.83.